The van der Waals surface area contributed by atoms with Crippen LogP contribution in [-0.2, 0) is 55.2 Å². The third kappa shape index (κ3) is 9.21. The number of nitrogens with zero attached hydrogens (tertiary/aromatic N) is 1. The number of hydrogen-bond donors (Lipinski definition) is 17. The molecular formula is C63H65IN4O23. The third-order valence-corrected chi connectivity index (χ3v) is 18.6. The Kier molecular flexibility index (Phi) is 11.2. The number of primary amides is 3. The first kappa shape index (κ1) is 47.2. The molecule has 8 unspecified atom stereocenters. The molecule has 0 bridgehead atoms. The number of benzene rings is 3. The highest BCUT2D eigenvalue weighted by atomic mass is 127. The van der Waals surface area contributed by atoms with E-state index in [1.54, 1.807) is 21.1 Å². The molecule has 482 valence electrons. The van der Waals surface area contributed by atoms with Crippen LogP contribution in [0.1, 0.15) is 99.2 Å². The lowest BCUT2D eigenvalue weighted by molar-refractivity contribution is -0.891. The lowest BCUT2D eigenvalue weighted by Gasteiger charge is -2.53. The summed E-state index contributed by atoms with van der Waals surface area (Å²) in [7, 11) is 4.89. The molecule has 0 saturated heterocycles. The van der Waals surface area contributed by atoms with Crippen LogP contribution in [0.4, 0.5) is 0 Å². The van der Waals surface area contributed by atoms with Gasteiger partial charge in [-0.1, -0.05) is 36.4 Å². The minimum atomic E-state index is -3.14. The molecule has 12 rings (SSSR count). The van der Waals surface area contributed by atoms with Gasteiger partial charge in [-0.15, -0.1) is 0 Å². The molecule has 9 aliphatic carbocycles. The summed E-state index contributed by atoms with van der Waals surface area (Å²) < 4.78 is 134. The van der Waals surface area contributed by atoms with E-state index in [9.17, 15) is 80.3 Å². The summed E-state index contributed by atoms with van der Waals surface area (Å²) in [5.41, 5.74) is -13.5. The van der Waals surface area contributed by atoms with Crippen LogP contribution in [0.25, 0.3) is 14.4 Å². The molecule has 2 saturated carbocycles. The van der Waals surface area contributed by atoms with E-state index in [1.165, 1.54) is 75.4 Å². The number of phenols is 3. The van der Waals surface area contributed by atoms with Crippen molar-refractivity contribution < 1.29 is 157 Å². The highest BCUT2D eigenvalue weighted by Crippen LogP contribution is 2.60. The molecule has 3 aromatic rings. The molecule has 0 aliphatic heterocycles. The molecule has 0 spiro atoms. The van der Waals surface area contributed by atoms with Gasteiger partial charge in [-0.3, -0.25) is 43.2 Å². The van der Waals surface area contributed by atoms with E-state index in [2.05, 4.69) is 25.5 Å². The van der Waals surface area contributed by atoms with E-state index in [-0.39, 0.29) is 79.8 Å². The van der Waals surface area contributed by atoms with Crippen LogP contribution in [0, 0.1) is 41.4 Å². The molecule has 9 aliphatic rings. The number of aromatic hydroxyl groups is 3. The zero-order chi connectivity index (χ0) is 80.4. The van der Waals surface area contributed by atoms with Crippen molar-refractivity contribution in [2.24, 2.45) is 58.6 Å². The van der Waals surface area contributed by atoms with E-state index in [4.69, 9.17) is 38.5 Å². The third-order valence-electron chi connectivity index (χ3n) is 18.6. The first-order valence-electron chi connectivity index (χ1n) is 34.9. The van der Waals surface area contributed by atoms with Gasteiger partial charge in [0, 0.05) is 61.3 Å². The van der Waals surface area contributed by atoms with E-state index in [0.717, 1.165) is 0 Å². The number of aliphatic hydroxyl groups is 11. The van der Waals surface area contributed by atoms with Crippen molar-refractivity contribution in [2.45, 2.75) is 86.8 Å². The molecule has 20 N–H and O–H groups in total. The number of hydrogen-bond acceptors (Lipinski definition) is 23. The number of rotatable bonds is 11. The van der Waals surface area contributed by atoms with Crippen molar-refractivity contribution in [3.63, 3.8) is 0 Å². The van der Waals surface area contributed by atoms with Gasteiger partial charge in [-0.05, 0) is 80.8 Å². The molecule has 0 aromatic heterocycles. The number of halogens is 1. The quantitative estimate of drug-likeness (QED) is 0.0427. The Balaban J connectivity index is 0.000000186. The van der Waals surface area contributed by atoms with Gasteiger partial charge in [0.15, 0.2) is 34.5 Å². The molecule has 3 aromatic carbocycles. The van der Waals surface area contributed by atoms with Gasteiger partial charge in [0.25, 0.3) is 23.4 Å². The monoisotopic (exact) mass is 1390 g/mol. The van der Waals surface area contributed by atoms with Crippen LogP contribution in [0.15, 0.2) is 111 Å². The molecule has 13 atom stereocenters. The first-order valence-corrected chi connectivity index (χ1v) is 27.3. The Labute approximate surface area is 557 Å². The Morgan fingerprint density at radius 1 is 0.593 bits per heavy atom. The fourth-order valence-corrected chi connectivity index (χ4v) is 14.3. The number of allylic oxidation sites excluding steroid dienone is 3. The smallest absolute Gasteiger partial charge is 0.293 e. The number of likely N-dealkylation sites (N-methyl/N-ethyl adjacent to an activating group) is 1. The maximum atomic E-state index is 14.0. The second-order valence-electron chi connectivity index (χ2n) is 24.4. The number of ketones is 6. The van der Waals surface area contributed by atoms with Gasteiger partial charge in [0.2, 0.25) is 27.4 Å². The summed E-state index contributed by atoms with van der Waals surface area (Å²) in [5.74, 6) is -33.3. The fourth-order valence-electron chi connectivity index (χ4n) is 14.3. The van der Waals surface area contributed by atoms with Crippen LogP contribution in [0.2, 0.25) is 5.65 Å². The lowest BCUT2D eigenvalue weighted by atomic mass is 9.54. The SMILES string of the molecule is C[C@@]1(O)c2cccc(O)c2C(O)=C2C(=O)[C@]3(O)C(O)=C(C(N)=O)C(=O)C([N+](C)(C)C)C3CC21.[2H]OC1=C(C(=O)N([2H])[2H])C(=O)[C@@]2(O[2H])C(=O)C3=C(O)c4c(O[2H])cccc4[C@@](C)(O[2H])C3CC2C1([2H])[2H].[2H]OC1=C2C(=O)c3c(O[2H])cccc3[C@@](C)(O[2H])C2([2H])CC2C([2H])([2H])C(O)=C(C(=O)N([2H])[2H])C(=O)C12[2H].[I-]. The van der Waals surface area contributed by atoms with Gasteiger partial charge in [-0.25, -0.2) is 0 Å². The Hall–Kier alpha value is -8.78. The van der Waals surface area contributed by atoms with Crippen molar-refractivity contribution in [1.82, 2.24) is 0 Å². The standard InChI is InChI=1S/C23H26N2O8.C20H19NO8.C20H19NO7.HI/c1-22(32)9-6-5-7-12(26)13(9)17(27)14-10(22)8-11-16(25(2,3)4)18(28)15(21(24)31)20(30)23(11,33)19(14)29;1-19(28)8-3-2-4-10(22)12(8)15(24)13-9(19)5-7-6-11(23)14(18(21)27)17(26)20(7,29)16(13)25;1-20(28)8-3-2-4-10(22)13(8)18(26)14-9(20)5-7-6-11(23)15(19(21)27)17(25)12(7)16(14)24;/h5-7,10-11,16,32-33H,8H2,1-4H3,(H4-,24,26,27,28,29,30,31);2-4,7,9,22-24,28-29H,5-6H2,1H3,(H2,21,27);2-4,7,9,12,22-24,28H,5-6H2,1H3,(H2,21,27);1H/t10?,11?,16?,22-,23+;7?,9?,19-,20+;7?,9?,12?,20-;/m111./s1/i;6D2,28D,29D;6D2,9D,12D,28D;/hD8. The number of amides is 3. The average Bonchev–Trinajstić information content (AvgIpc) is 0.678. The molecular weight excluding hydrogens is 1310 g/mol. The van der Waals surface area contributed by atoms with Crippen LogP contribution in [0.3, 0.4) is 0 Å². The largest absolute Gasteiger partial charge is 1.00 e. The maximum absolute atomic E-state index is 14.0. The number of nitrogens with two attached hydrogens (primary N) is 3. The summed E-state index contributed by atoms with van der Waals surface area (Å²) in [5, 5.41) is 110. The Morgan fingerprint density at radius 2 is 1.13 bits per heavy atom. The molecule has 28 heteroatoms. The van der Waals surface area contributed by atoms with E-state index >= 15 is 0 Å². The summed E-state index contributed by atoms with van der Waals surface area (Å²) in [6, 6.07) is 11.1. The van der Waals surface area contributed by atoms with Crippen molar-refractivity contribution in [2.75, 3.05) is 21.1 Å². The summed E-state index contributed by atoms with van der Waals surface area (Å²) in [6.07, 6.45) is -7.86. The van der Waals surface area contributed by atoms with Gasteiger partial charge in [-0.2, -0.15) is 0 Å². The lowest BCUT2D eigenvalue weighted by Crippen LogP contribution is -3.00. The summed E-state index contributed by atoms with van der Waals surface area (Å²) in [6.45, 7) is 3.97. The zero-order valence-corrected chi connectivity index (χ0v) is 50.4. The predicted molar refractivity (Wildman–Crippen MR) is 307 cm³/mol. The average molecular weight is 1390 g/mol. The number of aliphatic hydroxyl groups excluding tert-OH is 6. The second-order valence-corrected chi connectivity index (χ2v) is 24.4. The number of carbonyl (C=O) groups excluding carboxylic acids is 9. The minimum absolute atomic E-state index is 0. The molecule has 2 fully saturated rings. The van der Waals surface area contributed by atoms with E-state index in [0.29, 0.717) is 0 Å². The van der Waals surface area contributed by atoms with E-state index in [1.807, 2.05) is 0 Å². The second kappa shape index (κ2) is 21.7. The highest BCUT2D eigenvalue weighted by molar-refractivity contribution is 6.33. The zero-order valence-electron chi connectivity index (χ0n) is 65.2. The number of Topliss-reactive ketones (excluding diaryl/α,β-unsaturated/α-hetero) is 6. The first-order chi connectivity index (χ1) is 49.5. The Bertz CT molecular complexity index is 4720. The molecule has 3 amide bonds. The van der Waals surface area contributed by atoms with Gasteiger partial charge in [0.05, 0.1) is 66.4 Å². The summed E-state index contributed by atoms with van der Waals surface area (Å²) >= 11 is 0. The predicted octanol–water partition coefficient (Wildman–Crippen LogP) is -2.00. The number of phenolic OH excluding ortho intramolecular Hbond substituents is 3. The van der Waals surface area contributed by atoms with Crippen molar-refractivity contribution >= 4 is 63.9 Å². The van der Waals surface area contributed by atoms with Crippen LogP contribution < -0.4 is 41.1 Å². The highest BCUT2D eigenvalue weighted by Gasteiger charge is 2.70. The molecule has 0 heterocycles. The molecule has 27 nitrogen and oxygen atoms in total. The van der Waals surface area contributed by atoms with Gasteiger partial charge < -0.3 is 117 Å². The van der Waals surface area contributed by atoms with E-state index < -0.39 is 239 Å². The number of carbonyl (C=O) groups is 9. The topological polar surface area (TPSA) is 515 Å². The maximum Gasteiger partial charge on any atom is 0.293 e. The van der Waals surface area contributed by atoms with Crippen LogP contribution in [-0.4, -0.2) is 174 Å². The van der Waals surface area contributed by atoms with Crippen molar-refractivity contribution in [3.05, 3.63) is 144 Å². The normalized spacial score (nSPS) is 38.1. The van der Waals surface area contributed by atoms with Gasteiger partial charge in [0.1, 0.15) is 68.5 Å². The molecule has 91 heavy (non-hydrogen) atoms. The summed E-state index contributed by atoms with van der Waals surface area (Å²) in [4.78, 5) is 119. The minimum Gasteiger partial charge on any atom is -1.00 e. The Morgan fingerprint density at radius 3 is 1.67 bits per heavy atom. The van der Waals surface area contributed by atoms with Gasteiger partial charge >= 0.3 is 0 Å². The van der Waals surface area contributed by atoms with Crippen LogP contribution in [0.5, 0.6) is 17.2 Å². The van der Waals surface area contributed by atoms with Crippen molar-refractivity contribution in [1.29, 1.82) is 10.0 Å². The molecule has 0 radical (unpaired) electrons. The van der Waals surface area contributed by atoms with Crippen LogP contribution >= 0.6 is 0 Å². The number of quaternary nitrogens is 1. The van der Waals surface area contributed by atoms with Crippen molar-refractivity contribution in [3.8, 4) is 17.2 Å². The number of fused-ring (bicyclic) bond motifs is 9. The fraction of sp³-hybridized carbons (Fsp3) is 0.381.